The van der Waals surface area contributed by atoms with Gasteiger partial charge in [0.05, 0.1) is 11.7 Å². The number of nitrogens with one attached hydrogen (secondary N) is 1. The van der Waals surface area contributed by atoms with E-state index in [2.05, 4.69) is 15.3 Å². The Bertz CT molecular complexity index is 921. The zero-order chi connectivity index (χ0) is 18.5. The van der Waals surface area contributed by atoms with Gasteiger partial charge in [-0.2, -0.15) is 0 Å². The minimum Gasteiger partial charge on any atom is -0.344 e. The largest absolute Gasteiger partial charge is 0.344 e. The van der Waals surface area contributed by atoms with Gasteiger partial charge in [-0.3, -0.25) is 9.78 Å². The highest BCUT2D eigenvalue weighted by Gasteiger charge is 2.13. The first kappa shape index (κ1) is 18.6. The Kier molecular flexibility index (Phi) is 6.04. The number of halogens is 2. The third-order valence-corrected chi connectivity index (χ3v) is 5.30. The quantitative estimate of drug-likeness (QED) is 0.579. The van der Waals surface area contributed by atoms with Crippen LogP contribution in [0.15, 0.2) is 54.2 Å². The lowest BCUT2D eigenvalue weighted by molar-refractivity contribution is -0.117. The van der Waals surface area contributed by atoms with E-state index >= 15 is 0 Å². The molecular formula is C19H15Cl2N3OS. The number of hydrogen-bond donors (Lipinski definition) is 1. The van der Waals surface area contributed by atoms with Crippen molar-refractivity contribution in [2.24, 2.45) is 0 Å². The average molecular weight is 404 g/mol. The van der Waals surface area contributed by atoms with Crippen LogP contribution in [0.1, 0.15) is 23.5 Å². The maximum Gasteiger partial charge on any atom is 0.244 e. The lowest BCUT2D eigenvalue weighted by atomic mass is 10.2. The van der Waals surface area contributed by atoms with Gasteiger partial charge in [-0.1, -0.05) is 29.3 Å². The number of carbonyl (C=O) groups is 1. The molecule has 0 aliphatic carbocycles. The first-order valence-corrected chi connectivity index (χ1v) is 9.46. The van der Waals surface area contributed by atoms with Gasteiger partial charge >= 0.3 is 0 Å². The van der Waals surface area contributed by atoms with Gasteiger partial charge in [0.2, 0.25) is 5.91 Å². The van der Waals surface area contributed by atoms with E-state index in [0.717, 1.165) is 16.3 Å². The number of nitrogens with zero attached hydrogens (tertiary/aromatic N) is 2. The van der Waals surface area contributed by atoms with Gasteiger partial charge in [0.1, 0.15) is 5.01 Å². The second kappa shape index (κ2) is 8.45. The van der Waals surface area contributed by atoms with Gasteiger partial charge in [0.15, 0.2) is 0 Å². The Morgan fingerprint density at radius 3 is 2.69 bits per heavy atom. The van der Waals surface area contributed by atoms with Crippen molar-refractivity contribution < 1.29 is 4.79 Å². The van der Waals surface area contributed by atoms with Crippen LogP contribution in [-0.4, -0.2) is 15.9 Å². The number of hydrogen-bond acceptors (Lipinski definition) is 4. The summed E-state index contributed by atoms with van der Waals surface area (Å²) in [6.07, 6.45) is 6.50. The summed E-state index contributed by atoms with van der Waals surface area (Å²) in [5.74, 6) is -0.244. The van der Waals surface area contributed by atoms with Crippen molar-refractivity contribution >= 4 is 46.5 Å². The van der Waals surface area contributed by atoms with Gasteiger partial charge in [0, 0.05) is 45.0 Å². The Morgan fingerprint density at radius 2 is 2.00 bits per heavy atom. The third-order valence-electron chi connectivity index (χ3n) is 3.61. The van der Waals surface area contributed by atoms with E-state index in [4.69, 9.17) is 23.2 Å². The summed E-state index contributed by atoms with van der Waals surface area (Å²) in [6, 6.07) is 8.80. The van der Waals surface area contributed by atoms with E-state index in [1.165, 1.54) is 17.4 Å². The first-order valence-electron chi connectivity index (χ1n) is 7.83. The molecule has 0 saturated heterocycles. The second-order valence-electron chi connectivity index (χ2n) is 5.51. The lowest BCUT2D eigenvalue weighted by Gasteiger charge is -2.09. The van der Waals surface area contributed by atoms with Crippen molar-refractivity contribution in [2.45, 2.75) is 13.0 Å². The van der Waals surface area contributed by atoms with Crippen LogP contribution in [0.3, 0.4) is 0 Å². The van der Waals surface area contributed by atoms with E-state index in [1.54, 1.807) is 36.7 Å². The summed E-state index contributed by atoms with van der Waals surface area (Å²) in [7, 11) is 0. The molecule has 1 amide bonds. The van der Waals surface area contributed by atoms with Crippen LogP contribution in [0.4, 0.5) is 0 Å². The molecule has 2 heterocycles. The molecule has 0 aliphatic rings. The molecule has 3 rings (SSSR count). The van der Waals surface area contributed by atoms with E-state index in [9.17, 15) is 4.79 Å². The van der Waals surface area contributed by atoms with Gasteiger partial charge in [0.25, 0.3) is 0 Å². The monoisotopic (exact) mass is 403 g/mol. The highest BCUT2D eigenvalue weighted by atomic mass is 35.5. The maximum absolute atomic E-state index is 12.2. The van der Waals surface area contributed by atoms with Gasteiger partial charge in [-0.15, -0.1) is 11.3 Å². The van der Waals surface area contributed by atoms with Crippen LogP contribution in [0, 0.1) is 0 Å². The number of benzene rings is 1. The SMILES string of the molecule is CC(NC(=O)/C=C/c1c(Cl)cccc1Cl)c1nc(-c2cccnc2)cs1. The summed E-state index contributed by atoms with van der Waals surface area (Å²) >= 11 is 13.7. The Labute approximate surface area is 165 Å². The molecule has 0 radical (unpaired) electrons. The van der Waals surface area contributed by atoms with Crippen molar-refractivity contribution in [2.75, 3.05) is 0 Å². The standard InChI is InChI=1S/C19H15Cl2N3OS/c1-12(19-24-17(11-26-19)13-4-3-9-22-10-13)23-18(25)8-7-14-15(20)5-2-6-16(14)21/h2-12H,1H3,(H,23,25)/b8-7+. The molecule has 26 heavy (non-hydrogen) atoms. The number of aromatic nitrogens is 2. The number of thiazole rings is 1. The molecular weight excluding hydrogens is 389 g/mol. The lowest BCUT2D eigenvalue weighted by Crippen LogP contribution is -2.24. The molecule has 1 aromatic carbocycles. The maximum atomic E-state index is 12.2. The smallest absolute Gasteiger partial charge is 0.244 e. The fourth-order valence-corrected chi connectivity index (χ4v) is 3.64. The van der Waals surface area contributed by atoms with E-state index in [1.807, 2.05) is 24.4 Å². The summed E-state index contributed by atoms with van der Waals surface area (Å²) in [5.41, 5.74) is 2.41. The minimum atomic E-state index is -0.244. The zero-order valence-corrected chi connectivity index (χ0v) is 16.1. The first-order chi connectivity index (χ1) is 12.5. The van der Waals surface area contributed by atoms with Crippen LogP contribution in [-0.2, 0) is 4.79 Å². The fourth-order valence-electron chi connectivity index (χ4n) is 2.29. The molecule has 0 fully saturated rings. The zero-order valence-electron chi connectivity index (χ0n) is 13.8. The van der Waals surface area contributed by atoms with Crippen LogP contribution in [0.25, 0.3) is 17.3 Å². The van der Waals surface area contributed by atoms with Crippen molar-refractivity contribution in [3.05, 3.63) is 74.8 Å². The molecule has 4 nitrogen and oxygen atoms in total. The number of carbonyl (C=O) groups excluding carboxylic acids is 1. The molecule has 7 heteroatoms. The van der Waals surface area contributed by atoms with Gasteiger partial charge in [-0.25, -0.2) is 4.98 Å². The molecule has 1 N–H and O–H groups in total. The number of amides is 1. The Morgan fingerprint density at radius 1 is 1.23 bits per heavy atom. The predicted octanol–water partition coefficient (Wildman–Crippen LogP) is 5.40. The number of rotatable bonds is 5. The Balaban J connectivity index is 1.66. The summed E-state index contributed by atoms with van der Waals surface area (Å²) in [4.78, 5) is 20.9. The Hall–Kier alpha value is -2.21. The van der Waals surface area contributed by atoms with Crippen molar-refractivity contribution in [3.63, 3.8) is 0 Å². The summed E-state index contributed by atoms with van der Waals surface area (Å²) < 4.78 is 0. The predicted molar refractivity (Wildman–Crippen MR) is 107 cm³/mol. The molecule has 3 aromatic rings. The van der Waals surface area contributed by atoms with E-state index in [0.29, 0.717) is 15.6 Å². The highest BCUT2D eigenvalue weighted by molar-refractivity contribution is 7.10. The van der Waals surface area contributed by atoms with Gasteiger partial charge < -0.3 is 5.32 Å². The third kappa shape index (κ3) is 4.49. The van der Waals surface area contributed by atoms with Crippen LogP contribution < -0.4 is 5.32 Å². The van der Waals surface area contributed by atoms with Crippen molar-refractivity contribution in [1.82, 2.24) is 15.3 Å². The van der Waals surface area contributed by atoms with Crippen LogP contribution >= 0.6 is 34.5 Å². The molecule has 1 atom stereocenters. The average Bonchev–Trinajstić information content (AvgIpc) is 3.12. The molecule has 2 aromatic heterocycles. The second-order valence-corrected chi connectivity index (χ2v) is 7.22. The summed E-state index contributed by atoms with van der Waals surface area (Å²) in [6.45, 7) is 1.89. The molecule has 132 valence electrons. The van der Waals surface area contributed by atoms with Crippen LogP contribution in [0.5, 0.6) is 0 Å². The highest BCUT2D eigenvalue weighted by Crippen LogP contribution is 2.26. The van der Waals surface area contributed by atoms with Crippen molar-refractivity contribution in [1.29, 1.82) is 0 Å². The molecule has 0 saturated carbocycles. The molecule has 0 bridgehead atoms. The normalized spacial score (nSPS) is 12.3. The molecule has 1 unspecified atom stereocenters. The molecule has 0 aliphatic heterocycles. The van der Waals surface area contributed by atoms with Gasteiger partial charge in [-0.05, 0) is 37.3 Å². The minimum absolute atomic E-state index is 0.218. The fraction of sp³-hybridized carbons (Fsp3) is 0.105. The van der Waals surface area contributed by atoms with Crippen LogP contribution in [0.2, 0.25) is 10.0 Å². The van der Waals surface area contributed by atoms with Crippen molar-refractivity contribution in [3.8, 4) is 11.3 Å². The topological polar surface area (TPSA) is 54.9 Å². The van der Waals surface area contributed by atoms with E-state index < -0.39 is 0 Å². The molecule has 0 spiro atoms. The summed E-state index contributed by atoms with van der Waals surface area (Å²) in [5, 5.41) is 6.66. The number of pyridine rings is 1. The van der Waals surface area contributed by atoms with E-state index in [-0.39, 0.29) is 11.9 Å².